The van der Waals surface area contributed by atoms with Crippen molar-refractivity contribution >= 4 is 29.0 Å². The Bertz CT molecular complexity index is 1280. The number of hydrazone groups is 1. The topological polar surface area (TPSA) is 167 Å². The van der Waals surface area contributed by atoms with Crippen molar-refractivity contribution in [1.29, 1.82) is 0 Å². The predicted molar refractivity (Wildman–Crippen MR) is 101 cm³/mol. The number of aromatic hydroxyl groups is 1. The van der Waals surface area contributed by atoms with Crippen LogP contribution in [0.3, 0.4) is 0 Å². The number of nitrogens with one attached hydrogen (secondary N) is 1. The van der Waals surface area contributed by atoms with Crippen LogP contribution in [0.4, 0.5) is 5.69 Å². The Morgan fingerprint density at radius 2 is 2.07 bits per heavy atom. The first kappa shape index (κ1) is 19.5. The van der Waals surface area contributed by atoms with Crippen LogP contribution in [0.1, 0.15) is 5.56 Å². The Kier molecular flexibility index (Phi) is 4.95. The maximum absolute atomic E-state index is 12.3. The number of carbonyl (C=O) groups excluding carboxylic acids is 1. The van der Waals surface area contributed by atoms with E-state index in [1.807, 2.05) is 0 Å². The molecule has 0 atom stereocenters. The lowest BCUT2D eigenvalue weighted by Gasteiger charge is -2.06. The van der Waals surface area contributed by atoms with Crippen LogP contribution in [-0.2, 0) is 25.4 Å². The Balaban J connectivity index is 1.78. The van der Waals surface area contributed by atoms with Gasteiger partial charge in [0.2, 0.25) is 0 Å². The highest BCUT2D eigenvalue weighted by atomic mass is 16.6. The van der Waals surface area contributed by atoms with E-state index in [-0.39, 0.29) is 23.3 Å². The van der Waals surface area contributed by atoms with Crippen molar-refractivity contribution in [1.82, 2.24) is 24.1 Å². The number of phenolic OH excluding ortho intramolecular Hbond substituents is 1. The van der Waals surface area contributed by atoms with Crippen molar-refractivity contribution in [2.75, 3.05) is 0 Å². The van der Waals surface area contributed by atoms with E-state index in [9.17, 15) is 29.6 Å². The van der Waals surface area contributed by atoms with Crippen molar-refractivity contribution in [2.45, 2.75) is 6.54 Å². The molecule has 1 aromatic carbocycles. The number of hydrogen-bond acceptors (Lipinski definition) is 8. The number of nitro groups is 1. The summed E-state index contributed by atoms with van der Waals surface area (Å²) < 4.78 is 3.39. The van der Waals surface area contributed by atoms with Crippen LogP contribution in [0.2, 0.25) is 0 Å². The van der Waals surface area contributed by atoms with Gasteiger partial charge in [-0.3, -0.25) is 28.8 Å². The zero-order chi connectivity index (χ0) is 21.3. The summed E-state index contributed by atoms with van der Waals surface area (Å²) >= 11 is 0. The summed E-state index contributed by atoms with van der Waals surface area (Å²) in [5.74, 6) is -1.08. The van der Waals surface area contributed by atoms with Gasteiger partial charge in [0.25, 0.3) is 11.5 Å². The molecule has 0 saturated heterocycles. The molecule has 0 radical (unpaired) electrons. The number of carbonyl (C=O) groups is 1. The molecule has 0 unspecified atom stereocenters. The van der Waals surface area contributed by atoms with Gasteiger partial charge >= 0.3 is 11.4 Å². The van der Waals surface area contributed by atoms with Gasteiger partial charge in [0.15, 0.2) is 16.9 Å². The highest BCUT2D eigenvalue weighted by molar-refractivity contribution is 5.84. The molecular weight excluding hydrogens is 386 g/mol. The van der Waals surface area contributed by atoms with E-state index in [0.29, 0.717) is 0 Å². The third-order valence-electron chi connectivity index (χ3n) is 4.13. The molecule has 29 heavy (non-hydrogen) atoms. The summed E-state index contributed by atoms with van der Waals surface area (Å²) in [6.45, 7) is -0.295. The Labute approximate surface area is 161 Å². The van der Waals surface area contributed by atoms with E-state index in [1.54, 1.807) is 0 Å². The largest absolute Gasteiger partial charge is 0.502 e. The molecule has 3 rings (SSSR count). The monoisotopic (exact) mass is 401 g/mol. The van der Waals surface area contributed by atoms with Crippen LogP contribution < -0.4 is 16.7 Å². The summed E-state index contributed by atoms with van der Waals surface area (Å²) in [7, 11) is 2.78. The van der Waals surface area contributed by atoms with Gasteiger partial charge in [0.1, 0.15) is 6.54 Å². The fourth-order valence-corrected chi connectivity index (χ4v) is 2.65. The Morgan fingerprint density at radius 3 is 2.76 bits per heavy atom. The molecule has 2 aromatic heterocycles. The number of phenols is 1. The molecule has 2 heterocycles. The van der Waals surface area contributed by atoms with E-state index in [4.69, 9.17) is 0 Å². The van der Waals surface area contributed by atoms with Crippen LogP contribution in [0.25, 0.3) is 11.2 Å². The molecule has 0 saturated carbocycles. The molecule has 3 aromatic rings. The summed E-state index contributed by atoms with van der Waals surface area (Å²) in [6.07, 6.45) is 2.43. The highest BCUT2D eigenvalue weighted by Gasteiger charge is 2.16. The van der Waals surface area contributed by atoms with Crippen molar-refractivity contribution in [2.24, 2.45) is 19.2 Å². The number of aromatic nitrogens is 4. The highest BCUT2D eigenvalue weighted by Crippen LogP contribution is 2.25. The number of fused-ring (bicyclic) bond motifs is 1. The normalized spacial score (nSPS) is 11.2. The van der Waals surface area contributed by atoms with Crippen LogP contribution >= 0.6 is 0 Å². The van der Waals surface area contributed by atoms with Crippen LogP contribution in [0.5, 0.6) is 5.75 Å². The summed E-state index contributed by atoms with van der Waals surface area (Å²) in [5.41, 5.74) is 1.12. The average molecular weight is 401 g/mol. The number of amides is 1. The lowest BCUT2D eigenvalue weighted by Crippen LogP contribution is -2.38. The fourth-order valence-electron chi connectivity index (χ4n) is 2.65. The number of rotatable bonds is 5. The van der Waals surface area contributed by atoms with E-state index >= 15 is 0 Å². The molecule has 0 aliphatic carbocycles. The van der Waals surface area contributed by atoms with Crippen LogP contribution in [0.15, 0.2) is 39.2 Å². The fraction of sp³-hybridized carbons (Fsp3) is 0.188. The number of nitrogens with zero attached hydrogens (tertiary/aromatic N) is 6. The van der Waals surface area contributed by atoms with Gasteiger partial charge in [0, 0.05) is 25.7 Å². The molecule has 0 fully saturated rings. The number of aryl methyl sites for hydroxylation is 1. The van der Waals surface area contributed by atoms with Gasteiger partial charge in [-0.05, 0) is 12.1 Å². The first-order valence-electron chi connectivity index (χ1n) is 8.11. The van der Waals surface area contributed by atoms with Gasteiger partial charge in [-0.1, -0.05) is 0 Å². The number of imidazole rings is 1. The van der Waals surface area contributed by atoms with Gasteiger partial charge in [-0.2, -0.15) is 5.10 Å². The van der Waals surface area contributed by atoms with Crippen molar-refractivity contribution < 1.29 is 14.8 Å². The second kappa shape index (κ2) is 7.38. The SMILES string of the molecule is Cn1c(=O)c2c(ncn2CC(=O)NN=Cc2ccc(O)c([N+](=O)[O-])c2)n(C)c1=O. The number of nitro benzene ring substituents is 1. The van der Waals surface area contributed by atoms with E-state index in [1.165, 1.54) is 41.8 Å². The maximum Gasteiger partial charge on any atom is 0.332 e. The first-order chi connectivity index (χ1) is 13.7. The first-order valence-corrected chi connectivity index (χ1v) is 8.11. The third-order valence-corrected chi connectivity index (χ3v) is 4.13. The van der Waals surface area contributed by atoms with E-state index in [2.05, 4.69) is 15.5 Å². The minimum atomic E-state index is -0.747. The van der Waals surface area contributed by atoms with Crippen molar-refractivity contribution in [3.8, 4) is 5.75 Å². The second-order valence-corrected chi connectivity index (χ2v) is 6.05. The quantitative estimate of drug-likeness (QED) is 0.320. The standard InChI is InChI=1S/C16H15N7O6/c1-20-14-13(15(26)21(2)16(20)27)22(8-17-14)7-12(25)19-18-6-9-3-4-11(24)10(5-9)23(28)29/h3-6,8,24H,7H2,1-2H3,(H,19,25). The minimum absolute atomic E-state index is 0.0860. The van der Waals surface area contributed by atoms with Crippen molar-refractivity contribution in [3.05, 3.63) is 61.0 Å². The summed E-state index contributed by atoms with van der Waals surface area (Å²) in [4.78, 5) is 50.4. The predicted octanol–water partition coefficient (Wildman–Crippen LogP) is -0.802. The molecule has 2 N–H and O–H groups in total. The average Bonchev–Trinajstić information content (AvgIpc) is 3.09. The molecular formula is C16H15N7O6. The smallest absolute Gasteiger partial charge is 0.332 e. The van der Waals surface area contributed by atoms with Crippen molar-refractivity contribution in [3.63, 3.8) is 0 Å². The summed E-state index contributed by atoms with van der Waals surface area (Å²) in [5, 5.41) is 23.9. The molecule has 150 valence electrons. The molecule has 0 bridgehead atoms. The van der Waals surface area contributed by atoms with Gasteiger partial charge in [0.05, 0.1) is 17.5 Å². The lowest BCUT2D eigenvalue weighted by atomic mass is 10.2. The van der Waals surface area contributed by atoms with Gasteiger partial charge in [-0.15, -0.1) is 0 Å². The molecule has 0 spiro atoms. The Morgan fingerprint density at radius 1 is 1.34 bits per heavy atom. The maximum atomic E-state index is 12.3. The van der Waals surface area contributed by atoms with Crippen LogP contribution in [0, 0.1) is 10.1 Å². The molecule has 1 amide bonds. The van der Waals surface area contributed by atoms with Crippen LogP contribution in [-0.4, -0.2) is 40.8 Å². The van der Waals surface area contributed by atoms with E-state index < -0.39 is 33.5 Å². The lowest BCUT2D eigenvalue weighted by molar-refractivity contribution is -0.385. The van der Waals surface area contributed by atoms with Gasteiger partial charge < -0.3 is 9.67 Å². The zero-order valence-electron chi connectivity index (χ0n) is 15.3. The van der Waals surface area contributed by atoms with E-state index in [0.717, 1.165) is 16.7 Å². The zero-order valence-corrected chi connectivity index (χ0v) is 15.3. The molecule has 0 aliphatic rings. The minimum Gasteiger partial charge on any atom is -0.502 e. The number of hydrogen-bond donors (Lipinski definition) is 2. The second-order valence-electron chi connectivity index (χ2n) is 6.05. The molecule has 0 aliphatic heterocycles. The Hall–Kier alpha value is -4.29. The molecule has 13 nitrogen and oxygen atoms in total. The number of benzene rings is 1. The summed E-state index contributed by atoms with van der Waals surface area (Å²) in [6, 6.07) is 3.61. The molecule has 13 heteroatoms. The van der Waals surface area contributed by atoms with Gasteiger partial charge in [-0.25, -0.2) is 15.2 Å². The third kappa shape index (κ3) is 3.60.